The van der Waals surface area contributed by atoms with E-state index in [0.29, 0.717) is 5.92 Å². The first-order valence-electron chi connectivity index (χ1n) is 7.55. The molecular weight excluding hydrogens is 494 g/mol. The molecule has 0 saturated heterocycles. The number of fused-ring (bicyclic) bond motifs is 1. The van der Waals surface area contributed by atoms with Crippen molar-refractivity contribution in [2.24, 2.45) is 0 Å². The molecule has 1 nitrogen and oxygen atoms in total. The van der Waals surface area contributed by atoms with E-state index in [2.05, 4.69) is 56.1 Å². The molecule has 1 unspecified atom stereocenters. The van der Waals surface area contributed by atoms with E-state index in [-0.39, 0.29) is 88.2 Å². The van der Waals surface area contributed by atoms with Crippen molar-refractivity contribution in [2.45, 2.75) is 32.0 Å². The first-order chi connectivity index (χ1) is 10.1. The van der Waals surface area contributed by atoms with Crippen LogP contribution in [0.25, 0.3) is 6.08 Å². The van der Waals surface area contributed by atoms with Crippen molar-refractivity contribution in [3.63, 3.8) is 0 Å². The molecule has 1 atom stereocenters. The molecule has 1 aliphatic rings. The average molecular weight is 534 g/mol. The zero-order valence-corrected chi connectivity index (χ0v) is 24.4. The van der Waals surface area contributed by atoms with Crippen LogP contribution in [-0.2, 0) is 30.6 Å². The van der Waals surface area contributed by atoms with Gasteiger partial charge in [0.1, 0.15) is 0 Å². The molecule has 2 aromatic carbocycles. The Hall–Kier alpha value is -0.0500. The van der Waals surface area contributed by atoms with Gasteiger partial charge in [0.25, 0.3) is 0 Å². The minimum atomic E-state index is -1.36. The van der Waals surface area contributed by atoms with Gasteiger partial charge in [0.15, 0.2) is 8.32 Å². The zero-order chi connectivity index (χ0) is 15.1. The molecule has 1 aliphatic carbocycles. The predicted molar refractivity (Wildman–Crippen MR) is 125 cm³/mol. The van der Waals surface area contributed by atoms with Gasteiger partial charge >= 0.3 is 0 Å². The van der Waals surface area contributed by atoms with Crippen LogP contribution in [0.5, 0.6) is 0 Å². The van der Waals surface area contributed by atoms with Gasteiger partial charge in [-0.05, 0) is 26.1 Å². The summed E-state index contributed by atoms with van der Waals surface area (Å²) in [4.78, 5) is 0. The normalized spacial score (nSPS) is 11.8. The molecule has 0 aromatic heterocycles. The third-order valence-electron chi connectivity index (χ3n) is 3.31. The fourth-order valence-corrected chi connectivity index (χ4v) is 3.01. The smallest absolute Gasteiger partial charge is 0.183 e. The topological polar surface area (TPSA) is 9.23 Å². The van der Waals surface area contributed by atoms with Crippen LogP contribution in [-0.4, -0.2) is 14.9 Å². The van der Waals surface area contributed by atoms with Gasteiger partial charge in [-0.2, -0.15) is 23.8 Å². The van der Waals surface area contributed by atoms with E-state index in [1.807, 2.05) is 30.3 Å². The molecule has 0 radical (unpaired) electrons. The van der Waals surface area contributed by atoms with Crippen LogP contribution in [0.4, 0.5) is 0 Å². The fraction of sp³-hybridized carbons (Fsp3) is 0.250. The van der Waals surface area contributed by atoms with Crippen molar-refractivity contribution < 1.29 is 55.4 Å². The van der Waals surface area contributed by atoms with Gasteiger partial charge in [-0.15, -0.1) is 11.6 Å². The predicted octanol–water partition coefficient (Wildman–Crippen LogP) is 1.50. The third kappa shape index (κ3) is 18.4. The van der Waals surface area contributed by atoms with Gasteiger partial charge < -0.3 is 66.4 Å². The first-order valence-corrected chi connectivity index (χ1v) is 11.0. The number of hydrogen-bond donors (Lipinski definition) is 0. The molecule has 0 N–H and O–H groups in total. The maximum Gasteiger partial charge on any atom is 0.183 e. The summed E-state index contributed by atoms with van der Waals surface area (Å²) in [6.07, 6.45) is 6.58. The van der Waals surface area contributed by atoms with Gasteiger partial charge in [0.2, 0.25) is 0 Å². The van der Waals surface area contributed by atoms with Crippen LogP contribution in [0.2, 0.25) is 19.6 Å². The van der Waals surface area contributed by atoms with Crippen LogP contribution >= 0.6 is 0 Å². The van der Waals surface area contributed by atoms with Crippen LogP contribution < -0.4 is 24.8 Å². The molecule has 0 amide bonds. The second kappa shape index (κ2) is 24.2. The van der Waals surface area contributed by atoms with E-state index < -0.39 is 8.32 Å². The Balaban J connectivity index is -0.0000000667. The SMILES string of the molecule is C[Si](C)(C)OCCC1[C-]=Cc2ccccc21.[CH3-].[CH3-].[CH3-].[CH3-].[CH3-].[Cl-].[Cl-].[Zr].c1cc[cH-]c1. The molecular formula is C24H39Cl2OSiZr-9. The van der Waals surface area contributed by atoms with Crippen molar-refractivity contribution >= 4 is 14.4 Å². The summed E-state index contributed by atoms with van der Waals surface area (Å²) >= 11 is 0. The summed E-state index contributed by atoms with van der Waals surface area (Å²) in [5.41, 5.74) is 2.72. The molecule has 2 aromatic rings. The number of halogens is 2. The maximum absolute atomic E-state index is 5.89. The average Bonchev–Trinajstić information content (AvgIpc) is 3.10. The molecule has 0 bridgehead atoms. The van der Waals surface area contributed by atoms with Gasteiger partial charge in [-0.3, -0.25) is 6.08 Å². The van der Waals surface area contributed by atoms with Gasteiger partial charge in [-0.1, -0.05) is 24.1 Å². The van der Waals surface area contributed by atoms with Crippen LogP contribution in [0.3, 0.4) is 0 Å². The molecule has 0 heterocycles. The minimum Gasteiger partial charge on any atom is -1.00 e. The largest absolute Gasteiger partial charge is 1.00 e. The molecule has 5 heteroatoms. The molecule has 29 heavy (non-hydrogen) atoms. The summed E-state index contributed by atoms with van der Waals surface area (Å²) < 4.78 is 5.89. The van der Waals surface area contributed by atoms with Crippen molar-refractivity contribution in [1.82, 2.24) is 0 Å². The Morgan fingerprint density at radius 3 is 1.86 bits per heavy atom. The second-order valence-electron chi connectivity index (χ2n) is 6.20. The van der Waals surface area contributed by atoms with E-state index >= 15 is 0 Å². The van der Waals surface area contributed by atoms with Crippen molar-refractivity contribution in [3.05, 3.63) is 109 Å². The van der Waals surface area contributed by atoms with Gasteiger partial charge in [0.05, 0.1) is 0 Å². The zero-order valence-electron chi connectivity index (χ0n) is 19.4. The van der Waals surface area contributed by atoms with Crippen molar-refractivity contribution in [3.8, 4) is 0 Å². The minimum absolute atomic E-state index is 0. The quantitative estimate of drug-likeness (QED) is 0.428. The summed E-state index contributed by atoms with van der Waals surface area (Å²) in [5, 5.41) is 0. The summed E-state index contributed by atoms with van der Waals surface area (Å²) in [7, 11) is -1.36. The van der Waals surface area contributed by atoms with Gasteiger partial charge in [-0.25, -0.2) is 18.2 Å². The Labute approximate surface area is 216 Å². The Morgan fingerprint density at radius 2 is 1.41 bits per heavy atom. The Morgan fingerprint density at radius 1 is 0.897 bits per heavy atom. The van der Waals surface area contributed by atoms with E-state index in [0.717, 1.165) is 13.0 Å². The Kier molecular flexibility index (Phi) is 39.2. The van der Waals surface area contributed by atoms with Crippen molar-refractivity contribution in [2.75, 3.05) is 6.61 Å². The van der Waals surface area contributed by atoms with Gasteiger partial charge in [0, 0.05) is 32.8 Å². The molecule has 0 aliphatic heterocycles. The molecule has 0 saturated carbocycles. The Bertz CT molecular complexity index is 549. The second-order valence-corrected chi connectivity index (χ2v) is 10.7. The summed E-state index contributed by atoms with van der Waals surface area (Å²) in [6, 6.07) is 18.5. The maximum atomic E-state index is 5.89. The fourth-order valence-electron chi connectivity index (χ4n) is 2.28. The van der Waals surface area contributed by atoms with Crippen LogP contribution in [0, 0.1) is 43.2 Å². The number of allylic oxidation sites excluding steroid dienone is 1. The molecule has 0 spiro atoms. The number of hydrogen-bond acceptors (Lipinski definition) is 1. The van der Waals surface area contributed by atoms with E-state index in [1.54, 1.807) is 0 Å². The third-order valence-corrected chi connectivity index (χ3v) is 4.38. The number of benzene rings is 1. The van der Waals surface area contributed by atoms with Crippen molar-refractivity contribution in [1.29, 1.82) is 0 Å². The molecule has 0 fully saturated rings. The van der Waals surface area contributed by atoms with Crippen LogP contribution in [0.15, 0.2) is 54.6 Å². The molecule has 3 rings (SSSR count). The van der Waals surface area contributed by atoms with Crippen LogP contribution in [0.1, 0.15) is 23.5 Å². The number of rotatable bonds is 4. The molecule has 172 valence electrons. The van der Waals surface area contributed by atoms with E-state index in [9.17, 15) is 0 Å². The monoisotopic (exact) mass is 531 g/mol. The first kappa shape index (κ1) is 46.9. The van der Waals surface area contributed by atoms with E-state index in [1.165, 1.54) is 11.1 Å². The summed E-state index contributed by atoms with van der Waals surface area (Å²) in [5.74, 6) is 0.438. The standard InChI is InChI=1S/C14H19OSi.C5H5.5CH3.2ClH.Zr/c1-16(2,3)15-11-10-13-9-8-12-6-4-5-7-14(12)13;1-2-4-5-3-1;;;;;;;;/h4-8,13H,10-11H2,1-3H3;1-5H;5*1H3;2*1H;/q7*-1;;;/p-2. The van der Waals surface area contributed by atoms with E-state index in [4.69, 9.17) is 4.43 Å². The summed E-state index contributed by atoms with van der Waals surface area (Å²) in [6.45, 7) is 7.55.